The first-order valence-corrected chi connectivity index (χ1v) is 6.94. The van der Waals surface area contributed by atoms with Crippen molar-refractivity contribution in [3.8, 4) is 6.07 Å². The van der Waals surface area contributed by atoms with Crippen molar-refractivity contribution in [2.24, 2.45) is 5.92 Å². The van der Waals surface area contributed by atoms with E-state index in [4.69, 9.17) is 5.26 Å². The summed E-state index contributed by atoms with van der Waals surface area (Å²) in [4.78, 5) is 2.07. The molecule has 1 fully saturated rings. The molecule has 0 aliphatic carbocycles. The Hall–Kier alpha value is -0.640. The summed E-state index contributed by atoms with van der Waals surface area (Å²) in [5.41, 5.74) is 0. The Kier molecular flexibility index (Phi) is 4.51. The molecule has 15 heavy (non-hydrogen) atoms. The van der Waals surface area contributed by atoms with Gasteiger partial charge in [0.25, 0.3) is 0 Å². The first-order valence-electron chi connectivity index (χ1n) is 5.05. The molecule has 86 valence electrons. The third-order valence-electron chi connectivity index (χ3n) is 2.53. The quantitative estimate of drug-likeness (QED) is 0.678. The van der Waals surface area contributed by atoms with E-state index in [0.717, 1.165) is 25.9 Å². The van der Waals surface area contributed by atoms with Crippen LogP contribution in [0.5, 0.6) is 0 Å². The maximum absolute atomic E-state index is 10.9. The van der Waals surface area contributed by atoms with Crippen molar-refractivity contribution < 1.29 is 8.42 Å². The number of piperidine rings is 1. The predicted molar refractivity (Wildman–Crippen MR) is 57.6 cm³/mol. The predicted octanol–water partition coefficient (Wildman–Crippen LogP) is -0.229. The maximum atomic E-state index is 10.9. The van der Waals surface area contributed by atoms with E-state index in [1.165, 1.54) is 6.26 Å². The number of nitrogens with one attached hydrogen (secondary N) is 1. The van der Waals surface area contributed by atoms with E-state index in [0.29, 0.717) is 19.0 Å². The molecule has 0 aromatic heterocycles. The number of hydrogen-bond donors (Lipinski definition) is 1. The van der Waals surface area contributed by atoms with Gasteiger partial charge >= 0.3 is 0 Å². The molecule has 1 aliphatic heterocycles. The van der Waals surface area contributed by atoms with Crippen molar-refractivity contribution in [2.45, 2.75) is 12.8 Å². The highest BCUT2D eigenvalue weighted by atomic mass is 32.2. The second kappa shape index (κ2) is 5.45. The number of hydrogen-bond acceptors (Lipinski definition) is 4. The van der Waals surface area contributed by atoms with Gasteiger partial charge in [0.2, 0.25) is 10.0 Å². The monoisotopic (exact) mass is 231 g/mol. The van der Waals surface area contributed by atoms with E-state index < -0.39 is 10.0 Å². The molecule has 0 radical (unpaired) electrons. The first-order chi connectivity index (χ1) is 7.01. The molecule has 0 saturated carbocycles. The molecule has 1 N–H and O–H groups in total. The average Bonchev–Trinajstić information content (AvgIpc) is 2.15. The maximum Gasteiger partial charge on any atom is 0.208 e. The second-order valence-corrected chi connectivity index (χ2v) is 5.86. The van der Waals surface area contributed by atoms with Crippen molar-refractivity contribution >= 4 is 10.0 Å². The fourth-order valence-electron chi connectivity index (χ4n) is 1.83. The minimum atomic E-state index is -3.09. The highest BCUT2D eigenvalue weighted by Crippen LogP contribution is 2.15. The summed E-state index contributed by atoms with van der Waals surface area (Å²) in [7, 11) is -3.09. The normalized spacial score (nSPS) is 23.6. The van der Waals surface area contributed by atoms with Crippen molar-refractivity contribution in [2.75, 3.05) is 32.4 Å². The van der Waals surface area contributed by atoms with Crippen molar-refractivity contribution in [3.05, 3.63) is 0 Å². The topological polar surface area (TPSA) is 73.2 Å². The molecule has 1 atom stereocenters. The lowest BCUT2D eigenvalue weighted by Crippen LogP contribution is -2.40. The summed E-state index contributed by atoms with van der Waals surface area (Å²) >= 11 is 0. The van der Waals surface area contributed by atoms with Gasteiger partial charge in [-0.05, 0) is 25.3 Å². The third kappa shape index (κ3) is 5.11. The van der Waals surface area contributed by atoms with Crippen LogP contribution in [-0.4, -0.2) is 45.8 Å². The van der Waals surface area contributed by atoms with Crippen molar-refractivity contribution in [1.82, 2.24) is 9.62 Å². The van der Waals surface area contributed by atoms with Crippen LogP contribution in [-0.2, 0) is 10.0 Å². The van der Waals surface area contributed by atoms with Gasteiger partial charge in [0.05, 0.1) is 18.9 Å². The Balaban J connectivity index is 2.34. The third-order valence-corrected chi connectivity index (χ3v) is 3.22. The Bertz CT molecular complexity index is 334. The van der Waals surface area contributed by atoms with Gasteiger partial charge in [0.1, 0.15) is 0 Å². The number of likely N-dealkylation sites (tertiary alicyclic amines) is 1. The Morgan fingerprint density at radius 3 is 2.93 bits per heavy atom. The number of rotatable bonds is 4. The molecule has 0 spiro atoms. The lowest BCUT2D eigenvalue weighted by atomic mass is 9.98. The SMILES string of the molecule is CS(=O)(=O)NCC1CCCN(CC#N)C1. The van der Waals surface area contributed by atoms with E-state index in [2.05, 4.69) is 15.7 Å². The summed E-state index contributed by atoms with van der Waals surface area (Å²) in [6.45, 7) is 2.69. The van der Waals surface area contributed by atoms with Crippen LogP contribution in [0, 0.1) is 17.2 Å². The van der Waals surface area contributed by atoms with Gasteiger partial charge in [-0.25, -0.2) is 13.1 Å². The minimum absolute atomic E-state index is 0.335. The number of sulfonamides is 1. The van der Waals surface area contributed by atoms with Crippen LogP contribution in [0.25, 0.3) is 0 Å². The van der Waals surface area contributed by atoms with Crippen LogP contribution in [0.4, 0.5) is 0 Å². The van der Waals surface area contributed by atoms with Gasteiger partial charge in [-0.1, -0.05) is 0 Å². The summed E-state index contributed by atoms with van der Waals surface area (Å²) in [5.74, 6) is 0.335. The summed E-state index contributed by atoms with van der Waals surface area (Å²) < 4.78 is 24.3. The van der Waals surface area contributed by atoms with Gasteiger partial charge in [-0.15, -0.1) is 0 Å². The smallest absolute Gasteiger partial charge is 0.208 e. The second-order valence-electron chi connectivity index (χ2n) is 4.02. The fraction of sp³-hybridized carbons (Fsp3) is 0.889. The molecule has 0 aromatic carbocycles. The lowest BCUT2D eigenvalue weighted by molar-refractivity contribution is 0.194. The van der Waals surface area contributed by atoms with Crippen LogP contribution >= 0.6 is 0 Å². The van der Waals surface area contributed by atoms with Gasteiger partial charge in [0, 0.05) is 13.1 Å². The van der Waals surface area contributed by atoms with Crippen LogP contribution in [0.1, 0.15) is 12.8 Å². The molecule has 0 amide bonds. The molecular weight excluding hydrogens is 214 g/mol. The zero-order valence-corrected chi connectivity index (χ0v) is 9.76. The molecular formula is C9H17N3O2S. The van der Waals surface area contributed by atoms with E-state index in [-0.39, 0.29) is 0 Å². The Morgan fingerprint density at radius 2 is 2.33 bits per heavy atom. The van der Waals surface area contributed by atoms with Gasteiger partial charge in [-0.2, -0.15) is 5.26 Å². The summed E-state index contributed by atoms with van der Waals surface area (Å²) in [6, 6.07) is 2.12. The fourth-order valence-corrected chi connectivity index (χ4v) is 2.37. The minimum Gasteiger partial charge on any atom is -0.290 e. The molecule has 1 heterocycles. The zero-order chi connectivity index (χ0) is 11.3. The van der Waals surface area contributed by atoms with Crippen LogP contribution < -0.4 is 4.72 Å². The van der Waals surface area contributed by atoms with Crippen LogP contribution in [0.3, 0.4) is 0 Å². The highest BCUT2D eigenvalue weighted by molar-refractivity contribution is 7.88. The van der Waals surface area contributed by atoms with E-state index in [1.54, 1.807) is 0 Å². The number of nitriles is 1. The molecule has 1 unspecified atom stereocenters. The highest BCUT2D eigenvalue weighted by Gasteiger charge is 2.20. The molecule has 6 heteroatoms. The van der Waals surface area contributed by atoms with Gasteiger partial charge in [0.15, 0.2) is 0 Å². The largest absolute Gasteiger partial charge is 0.290 e. The standard InChI is InChI=1S/C9H17N3O2S/c1-15(13,14)11-7-9-3-2-5-12(8-9)6-4-10/h9,11H,2-3,5-8H2,1H3. The van der Waals surface area contributed by atoms with E-state index in [9.17, 15) is 8.42 Å². The van der Waals surface area contributed by atoms with Crippen molar-refractivity contribution in [1.29, 1.82) is 5.26 Å². The van der Waals surface area contributed by atoms with E-state index >= 15 is 0 Å². The average molecular weight is 231 g/mol. The van der Waals surface area contributed by atoms with Gasteiger partial charge < -0.3 is 0 Å². The Morgan fingerprint density at radius 1 is 1.60 bits per heavy atom. The molecule has 0 bridgehead atoms. The van der Waals surface area contributed by atoms with Gasteiger partial charge in [-0.3, -0.25) is 4.90 Å². The Labute approximate surface area is 91.1 Å². The summed E-state index contributed by atoms with van der Waals surface area (Å²) in [6.07, 6.45) is 3.24. The van der Waals surface area contributed by atoms with Crippen LogP contribution in [0.2, 0.25) is 0 Å². The zero-order valence-electron chi connectivity index (χ0n) is 8.94. The molecule has 1 saturated heterocycles. The molecule has 5 nitrogen and oxygen atoms in total. The van der Waals surface area contributed by atoms with E-state index in [1.807, 2.05) is 0 Å². The van der Waals surface area contributed by atoms with Crippen molar-refractivity contribution in [3.63, 3.8) is 0 Å². The lowest BCUT2D eigenvalue weighted by Gasteiger charge is -2.30. The molecule has 1 rings (SSSR count). The number of nitrogens with zero attached hydrogens (tertiary/aromatic N) is 2. The van der Waals surface area contributed by atoms with Crippen LogP contribution in [0.15, 0.2) is 0 Å². The molecule has 0 aromatic rings. The first kappa shape index (κ1) is 12.4. The summed E-state index contributed by atoms with van der Waals surface area (Å²) in [5, 5.41) is 8.56. The molecule has 1 aliphatic rings.